The Morgan fingerprint density at radius 3 is 2.35 bits per heavy atom. The van der Waals surface area contributed by atoms with Crippen LogP contribution >= 0.6 is 0 Å². The summed E-state index contributed by atoms with van der Waals surface area (Å²) in [5, 5.41) is 4.60. The third kappa shape index (κ3) is 6.60. The highest BCUT2D eigenvalue weighted by molar-refractivity contribution is 7.84. The number of hydrogen-bond donors (Lipinski definition) is 2. The van der Waals surface area contributed by atoms with Crippen LogP contribution < -0.4 is 10.6 Å². The van der Waals surface area contributed by atoms with Gasteiger partial charge in [0.15, 0.2) is 6.61 Å². The van der Waals surface area contributed by atoms with Gasteiger partial charge in [-0.1, -0.05) is 12.1 Å². The van der Waals surface area contributed by atoms with E-state index in [2.05, 4.69) is 10.6 Å². The van der Waals surface area contributed by atoms with Crippen molar-refractivity contribution in [1.82, 2.24) is 10.6 Å². The molecule has 0 bridgehead atoms. The highest BCUT2D eigenvalue weighted by atomic mass is 32.2. The lowest BCUT2D eigenvalue weighted by Crippen LogP contribution is -2.49. The zero-order valence-corrected chi connectivity index (χ0v) is 14.3. The Balaban J connectivity index is 2.59. The summed E-state index contributed by atoms with van der Waals surface area (Å²) in [5.74, 6) is -1.53. The fourth-order valence-corrected chi connectivity index (χ4v) is 2.36. The molecule has 8 heteroatoms. The van der Waals surface area contributed by atoms with E-state index in [-0.39, 0.29) is 5.56 Å². The maximum Gasteiger partial charge on any atom is 0.339 e. The van der Waals surface area contributed by atoms with Crippen molar-refractivity contribution in [2.24, 2.45) is 0 Å². The van der Waals surface area contributed by atoms with Crippen molar-refractivity contribution in [3.05, 3.63) is 29.8 Å². The maximum absolute atomic E-state index is 12.0. The lowest BCUT2D eigenvalue weighted by Gasteiger charge is -2.20. The topological polar surface area (TPSA) is 102 Å². The van der Waals surface area contributed by atoms with Crippen LogP contribution in [0.25, 0.3) is 0 Å². The van der Waals surface area contributed by atoms with Crippen molar-refractivity contribution in [1.29, 1.82) is 0 Å². The van der Waals surface area contributed by atoms with Crippen molar-refractivity contribution in [3.63, 3.8) is 0 Å². The van der Waals surface area contributed by atoms with E-state index >= 15 is 0 Å². The molecule has 0 aliphatic carbocycles. The molecule has 1 aromatic carbocycles. The van der Waals surface area contributed by atoms with Crippen LogP contribution in [0.15, 0.2) is 29.2 Å². The van der Waals surface area contributed by atoms with Crippen molar-refractivity contribution < 1.29 is 23.3 Å². The van der Waals surface area contributed by atoms with Gasteiger partial charge in [-0.05, 0) is 32.9 Å². The van der Waals surface area contributed by atoms with E-state index in [1.165, 1.54) is 12.3 Å². The second-order valence-electron chi connectivity index (χ2n) is 5.78. The van der Waals surface area contributed by atoms with E-state index in [1.54, 1.807) is 39.0 Å². The Morgan fingerprint density at radius 1 is 1.17 bits per heavy atom. The van der Waals surface area contributed by atoms with Crippen LogP contribution in [0.4, 0.5) is 4.79 Å². The lowest BCUT2D eigenvalue weighted by molar-refractivity contribution is -0.123. The lowest BCUT2D eigenvalue weighted by atomic mass is 10.1. The van der Waals surface area contributed by atoms with Crippen molar-refractivity contribution in [2.75, 3.05) is 12.9 Å². The van der Waals surface area contributed by atoms with Crippen LogP contribution in [0.5, 0.6) is 0 Å². The minimum absolute atomic E-state index is 0.125. The van der Waals surface area contributed by atoms with E-state index in [9.17, 15) is 18.6 Å². The van der Waals surface area contributed by atoms with E-state index in [0.717, 1.165) is 0 Å². The standard InChI is InChI=1S/C15H20N2O5S/c1-15(2,3)17-14(20)16-12(18)9-22-13(19)10-7-5-6-8-11(10)23(4)21/h5-8H,9H2,1-4H3,(H2,16,17,18,20)/t23-/m1/s1. The van der Waals surface area contributed by atoms with Gasteiger partial charge in [0, 0.05) is 11.8 Å². The average Bonchev–Trinajstić information content (AvgIpc) is 2.42. The summed E-state index contributed by atoms with van der Waals surface area (Å²) in [5.41, 5.74) is -0.370. The largest absolute Gasteiger partial charge is 0.452 e. The van der Waals surface area contributed by atoms with Crippen LogP contribution in [0.3, 0.4) is 0 Å². The number of imide groups is 1. The zero-order valence-electron chi connectivity index (χ0n) is 13.5. The first kappa shape index (κ1) is 18.8. The van der Waals surface area contributed by atoms with E-state index in [0.29, 0.717) is 4.90 Å². The predicted molar refractivity (Wildman–Crippen MR) is 85.5 cm³/mol. The molecule has 0 aliphatic rings. The molecule has 7 nitrogen and oxygen atoms in total. The third-order valence-electron chi connectivity index (χ3n) is 2.49. The second-order valence-corrected chi connectivity index (χ2v) is 7.13. The number of rotatable bonds is 4. The third-order valence-corrected chi connectivity index (χ3v) is 3.47. The zero-order chi connectivity index (χ0) is 17.6. The van der Waals surface area contributed by atoms with Gasteiger partial charge in [-0.3, -0.25) is 14.3 Å². The van der Waals surface area contributed by atoms with Gasteiger partial charge in [0.05, 0.1) is 21.3 Å². The molecule has 1 aromatic rings. The molecular weight excluding hydrogens is 320 g/mol. The fraction of sp³-hybridized carbons (Fsp3) is 0.400. The number of esters is 1. The molecule has 1 atom stereocenters. The van der Waals surface area contributed by atoms with Crippen LogP contribution in [0.2, 0.25) is 0 Å². The first-order chi connectivity index (χ1) is 10.6. The van der Waals surface area contributed by atoms with Crippen molar-refractivity contribution >= 4 is 28.7 Å². The molecule has 0 heterocycles. The first-order valence-electron chi connectivity index (χ1n) is 6.82. The molecule has 23 heavy (non-hydrogen) atoms. The Bertz CT molecular complexity index is 637. The number of hydrogen-bond acceptors (Lipinski definition) is 5. The van der Waals surface area contributed by atoms with Gasteiger partial charge >= 0.3 is 12.0 Å². The SMILES string of the molecule is C[S@@](=O)c1ccccc1C(=O)OCC(=O)NC(=O)NC(C)(C)C. The van der Waals surface area contributed by atoms with Crippen molar-refractivity contribution in [2.45, 2.75) is 31.2 Å². The molecule has 126 valence electrons. The molecule has 0 saturated heterocycles. The van der Waals surface area contributed by atoms with Crippen molar-refractivity contribution in [3.8, 4) is 0 Å². The summed E-state index contributed by atoms with van der Waals surface area (Å²) in [4.78, 5) is 35.4. The molecule has 2 N–H and O–H groups in total. The summed E-state index contributed by atoms with van der Waals surface area (Å²) >= 11 is 0. The fourth-order valence-electron chi connectivity index (χ4n) is 1.63. The number of carbonyl (C=O) groups excluding carboxylic acids is 3. The minimum atomic E-state index is -1.36. The van der Waals surface area contributed by atoms with E-state index < -0.39 is 40.9 Å². The molecule has 0 aliphatic heterocycles. The predicted octanol–water partition coefficient (Wildman–Crippen LogP) is 1.21. The first-order valence-corrected chi connectivity index (χ1v) is 8.37. The molecule has 1 rings (SSSR count). The quantitative estimate of drug-likeness (QED) is 0.802. The van der Waals surface area contributed by atoms with Crippen LogP contribution in [-0.4, -0.2) is 40.5 Å². The highest BCUT2D eigenvalue weighted by Gasteiger charge is 2.18. The van der Waals surface area contributed by atoms with Crippen LogP contribution in [0.1, 0.15) is 31.1 Å². The number of nitrogens with one attached hydrogen (secondary N) is 2. The minimum Gasteiger partial charge on any atom is -0.452 e. The molecule has 0 radical (unpaired) electrons. The van der Waals surface area contributed by atoms with Crippen LogP contribution in [0, 0.1) is 0 Å². The Morgan fingerprint density at radius 2 is 1.78 bits per heavy atom. The molecule has 3 amide bonds. The monoisotopic (exact) mass is 340 g/mol. The van der Waals surface area contributed by atoms with Gasteiger partial charge in [-0.2, -0.15) is 0 Å². The number of urea groups is 1. The number of amides is 3. The van der Waals surface area contributed by atoms with Gasteiger partial charge in [0.1, 0.15) is 0 Å². The highest BCUT2D eigenvalue weighted by Crippen LogP contribution is 2.13. The molecular formula is C15H20N2O5S. The van der Waals surface area contributed by atoms with Gasteiger partial charge < -0.3 is 10.1 Å². The molecule has 0 unspecified atom stereocenters. The summed E-state index contributed by atoms with van der Waals surface area (Å²) in [7, 11) is -1.36. The van der Waals surface area contributed by atoms with Crippen LogP contribution in [-0.2, 0) is 20.3 Å². The normalized spacial score (nSPS) is 12.2. The molecule has 0 spiro atoms. The summed E-state index contributed by atoms with van der Waals surface area (Å²) in [6.07, 6.45) is 1.44. The number of carbonyl (C=O) groups is 3. The van der Waals surface area contributed by atoms with E-state index in [4.69, 9.17) is 4.74 Å². The van der Waals surface area contributed by atoms with E-state index in [1.807, 2.05) is 0 Å². The Kier molecular flexibility index (Phi) is 6.44. The summed E-state index contributed by atoms with van der Waals surface area (Å²) < 4.78 is 16.4. The Hall–Kier alpha value is -2.22. The molecule has 0 fully saturated rings. The second kappa shape index (κ2) is 7.87. The Labute approximate surface area is 137 Å². The van der Waals surface area contributed by atoms with Gasteiger partial charge in [0.25, 0.3) is 5.91 Å². The number of ether oxygens (including phenoxy) is 1. The average molecular weight is 340 g/mol. The van der Waals surface area contributed by atoms with Gasteiger partial charge in [-0.15, -0.1) is 0 Å². The van der Waals surface area contributed by atoms with Gasteiger partial charge in [0.2, 0.25) is 0 Å². The molecule has 0 aromatic heterocycles. The molecule has 0 saturated carbocycles. The summed E-state index contributed by atoms with van der Waals surface area (Å²) in [6, 6.07) is 5.59. The summed E-state index contributed by atoms with van der Waals surface area (Å²) in [6.45, 7) is 4.68. The maximum atomic E-state index is 12.0. The number of benzene rings is 1. The smallest absolute Gasteiger partial charge is 0.339 e. The van der Waals surface area contributed by atoms with Gasteiger partial charge in [-0.25, -0.2) is 9.59 Å².